The number of hydrogen-bond acceptors (Lipinski definition) is 3. The molecule has 1 N–H and O–H groups in total. The summed E-state index contributed by atoms with van der Waals surface area (Å²) in [7, 11) is 1.65. The van der Waals surface area contributed by atoms with Gasteiger partial charge in [-0.15, -0.1) is 11.8 Å². The van der Waals surface area contributed by atoms with Crippen LogP contribution in [0.4, 0.5) is 0 Å². The first kappa shape index (κ1) is 14.0. The Bertz CT molecular complexity index is 446. The van der Waals surface area contributed by atoms with Crippen LogP contribution in [0.2, 0.25) is 0 Å². The fourth-order valence-electron chi connectivity index (χ4n) is 2.02. The van der Waals surface area contributed by atoms with Gasteiger partial charge >= 0.3 is 0 Å². The highest BCUT2D eigenvalue weighted by atomic mass is 79.9. The van der Waals surface area contributed by atoms with E-state index in [0.29, 0.717) is 0 Å². The summed E-state index contributed by atoms with van der Waals surface area (Å²) in [4.78, 5) is 0. The molecule has 0 amide bonds. The van der Waals surface area contributed by atoms with E-state index < -0.39 is 0 Å². The maximum Gasteiger partial charge on any atom is 0.118 e. The molecular formula is C14H17BrO2S. The zero-order valence-corrected chi connectivity index (χ0v) is 12.9. The van der Waals surface area contributed by atoms with Crippen LogP contribution in [0.15, 0.2) is 36.4 Å². The molecule has 1 heterocycles. The quantitative estimate of drug-likeness (QED) is 0.675. The first-order chi connectivity index (χ1) is 8.57. The van der Waals surface area contributed by atoms with Gasteiger partial charge in [0.1, 0.15) is 5.75 Å². The molecule has 0 aromatic heterocycles. The Balaban J connectivity index is 2.31. The fraction of sp³-hybridized carbons (Fsp3) is 0.429. The molecule has 2 nitrogen and oxygen atoms in total. The highest BCUT2D eigenvalue weighted by Gasteiger charge is 2.43. The number of aliphatic hydroxyl groups excluding tert-OH is 1. The summed E-state index contributed by atoms with van der Waals surface area (Å²) in [6.07, 6.45) is 5.21. The van der Waals surface area contributed by atoms with Crippen LogP contribution in [-0.4, -0.2) is 22.5 Å². The predicted molar refractivity (Wildman–Crippen MR) is 80.4 cm³/mol. The summed E-state index contributed by atoms with van der Waals surface area (Å²) in [6, 6.07) is 7.89. The number of ether oxygens (including phenoxy) is 1. The Morgan fingerprint density at radius 3 is 2.39 bits per heavy atom. The van der Waals surface area contributed by atoms with Gasteiger partial charge in [-0.1, -0.05) is 47.1 Å². The average molecular weight is 329 g/mol. The average Bonchev–Trinajstić information content (AvgIpc) is 2.79. The smallest absolute Gasteiger partial charge is 0.118 e. The zero-order chi connectivity index (χ0) is 13.2. The maximum atomic E-state index is 9.80. The molecule has 1 aromatic carbocycles. The minimum absolute atomic E-state index is 0.0738. The third kappa shape index (κ3) is 2.46. The van der Waals surface area contributed by atoms with Crippen LogP contribution in [0.3, 0.4) is 0 Å². The fourth-order valence-corrected chi connectivity index (χ4v) is 4.36. The Kier molecular flexibility index (Phi) is 4.09. The van der Waals surface area contributed by atoms with Gasteiger partial charge in [0.15, 0.2) is 0 Å². The van der Waals surface area contributed by atoms with Crippen molar-refractivity contribution in [2.45, 2.75) is 21.7 Å². The molecule has 0 bridgehead atoms. The summed E-state index contributed by atoms with van der Waals surface area (Å²) in [6.45, 7) is 2.22. The van der Waals surface area contributed by atoms with Gasteiger partial charge in [0.05, 0.1) is 22.1 Å². The minimum atomic E-state index is -0.355. The van der Waals surface area contributed by atoms with E-state index in [4.69, 9.17) is 4.74 Å². The number of benzene rings is 1. The van der Waals surface area contributed by atoms with Crippen LogP contribution >= 0.6 is 27.7 Å². The van der Waals surface area contributed by atoms with Crippen LogP contribution < -0.4 is 4.74 Å². The van der Waals surface area contributed by atoms with E-state index in [1.54, 1.807) is 18.9 Å². The SMILES string of the molecule is CCC1(Br)C=CC(CO)(c2ccc(OC)cc2)S1. The molecule has 2 rings (SSSR count). The second kappa shape index (κ2) is 5.27. The molecule has 0 saturated heterocycles. The summed E-state index contributed by atoms with van der Waals surface area (Å²) in [5, 5.41) is 9.80. The number of rotatable bonds is 4. The molecule has 1 aromatic rings. The van der Waals surface area contributed by atoms with Crippen molar-refractivity contribution in [1.29, 1.82) is 0 Å². The van der Waals surface area contributed by atoms with Gasteiger partial charge in [0.2, 0.25) is 0 Å². The Morgan fingerprint density at radius 2 is 1.94 bits per heavy atom. The summed E-state index contributed by atoms with van der Waals surface area (Å²) >= 11 is 5.47. The number of methoxy groups -OCH3 is 1. The van der Waals surface area contributed by atoms with Gasteiger partial charge in [-0.2, -0.15) is 0 Å². The molecule has 0 spiro atoms. The lowest BCUT2D eigenvalue weighted by atomic mass is 9.98. The molecule has 0 saturated carbocycles. The standard InChI is InChI=1S/C14H17BrO2S/c1-3-14(15)9-8-13(10-16,18-14)11-4-6-12(17-2)7-5-11/h4-9,16H,3,10H2,1-2H3. The van der Waals surface area contributed by atoms with Gasteiger partial charge < -0.3 is 9.84 Å². The zero-order valence-electron chi connectivity index (χ0n) is 10.5. The van der Waals surface area contributed by atoms with E-state index >= 15 is 0 Å². The molecule has 4 heteroatoms. The monoisotopic (exact) mass is 328 g/mol. The summed E-state index contributed by atoms with van der Waals surface area (Å²) < 4.78 is 4.73. The van der Waals surface area contributed by atoms with E-state index in [9.17, 15) is 5.11 Å². The molecule has 2 unspecified atom stereocenters. The second-order valence-electron chi connectivity index (χ2n) is 4.35. The number of aliphatic hydroxyl groups is 1. The normalized spacial score (nSPS) is 30.7. The second-order valence-corrected chi connectivity index (χ2v) is 7.95. The van der Waals surface area contributed by atoms with Crippen molar-refractivity contribution in [1.82, 2.24) is 0 Å². The number of hydrogen-bond donors (Lipinski definition) is 1. The lowest BCUT2D eigenvalue weighted by Gasteiger charge is -2.29. The molecule has 2 atom stereocenters. The first-order valence-corrected chi connectivity index (χ1v) is 7.53. The lowest BCUT2D eigenvalue weighted by molar-refractivity contribution is 0.271. The van der Waals surface area contributed by atoms with E-state index in [-0.39, 0.29) is 15.0 Å². The van der Waals surface area contributed by atoms with Crippen LogP contribution in [0.1, 0.15) is 18.9 Å². The van der Waals surface area contributed by atoms with Crippen LogP contribution in [0.25, 0.3) is 0 Å². The Labute approximate surface area is 121 Å². The molecule has 0 radical (unpaired) electrons. The molecule has 98 valence electrons. The van der Waals surface area contributed by atoms with E-state index in [0.717, 1.165) is 17.7 Å². The summed E-state index contributed by atoms with van der Waals surface area (Å²) in [5.74, 6) is 0.833. The third-order valence-corrected chi connectivity index (χ3v) is 6.19. The first-order valence-electron chi connectivity index (χ1n) is 5.92. The predicted octanol–water partition coefficient (Wildman–Crippen LogP) is 3.69. The lowest BCUT2D eigenvalue weighted by Crippen LogP contribution is -2.24. The topological polar surface area (TPSA) is 29.5 Å². The van der Waals surface area contributed by atoms with Crippen molar-refractivity contribution in [2.24, 2.45) is 0 Å². The molecule has 0 fully saturated rings. The van der Waals surface area contributed by atoms with Crippen molar-refractivity contribution in [3.63, 3.8) is 0 Å². The van der Waals surface area contributed by atoms with E-state index in [1.165, 1.54) is 0 Å². The van der Waals surface area contributed by atoms with Crippen molar-refractivity contribution in [3.05, 3.63) is 42.0 Å². The van der Waals surface area contributed by atoms with E-state index in [1.807, 2.05) is 24.3 Å². The van der Waals surface area contributed by atoms with E-state index in [2.05, 4.69) is 35.0 Å². The molecule has 0 aliphatic carbocycles. The molecule has 1 aliphatic rings. The van der Waals surface area contributed by atoms with Crippen molar-refractivity contribution >= 4 is 27.7 Å². The largest absolute Gasteiger partial charge is 0.497 e. The molecule has 1 aliphatic heterocycles. The van der Waals surface area contributed by atoms with Gasteiger partial charge in [0.25, 0.3) is 0 Å². The van der Waals surface area contributed by atoms with Crippen LogP contribution in [0.5, 0.6) is 5.75 Å². The number of alkyl halides is 1. The number of thioether (sulfide) groups is 1. The number of halogens is 1. The van der Waals surface area contributed by atoms with Gasteiger partial charge in [-0.25, -0.2) is 0 Å². The molecule has 18 heavy (non-hydrogen) atoms. The minimum Gasteiger partial charge on any atom is -0.497 e. The highest BCUT2D eigenvalue weighted by Crippen LogP contribution is 2.55. The van der Waals surface area contributed by atoms with Crippen LogP contribution in [0, 0.1) is 0 Å². The van der Waals surface area contributed by atoms with Crippen molar-refractivity contribution in [2.75, 3.05) is 13.7 Å². The Hall–Kier alpha value is -0.450. The van der Waals surface area contributed by atoms with Crippen molar-refractivity contribution < 1.29 is 9.84 Å². The van der Waals surface area contributed by atoms with Crippen LogP contribution in [-0.2, 0) is 4.75 Å². The van der Waals surface area contributed by atoms with Crippen molar-refractivity contribution in [3.8, 4) is 5.75 Å². The third-order valence-electron chi connectivity index (χ3n) is 3.25. The Morgan fingerprint density at radius 1 is 1.28 bits per heavy atom. The van der Waals surface area contributed by atoms with Gasteiger partial charge in [0, 0.05) is 0 Å². The van der Waals surface area contributed by atoms with Gasteiger partial charge in [-0.3, -0.25) is 0 Å². The highest BCUT2D eigenvalue weighted by molar-refractivity contribution is 9.12. The maximum absolute atomic E-state index is 9.80. The molecular weight excluding hydrogens is 312 g/mol. The van der Waals surface area contributed by atoms with Gasteiger partial charge in [-0.05, 0) is 24.1 Å². The summed E-state index contributed by atoms with van der Waals surface area (Å²) in [5.41, 5.74) is 1.10.